The smallest absolute Gasteiger partial charge is 0.345 e. The van der Waals surface area contributed by atoms with Crippen molar-refractivity contribution in [3.05, 3.63) is 125 Å². The van der Waals surface area contributed by atoms with E-state index in [0.29, 0.717) is 84.1 Å². The monoisotopic (exact) mass is 1110 g/mol. The summed E-state index contributed by atoms with van der Waals surface area (Å²) < 4.78 is 75.6. The summed E-state index contributed by atoms with van der Waals surface area (Å²) >= 11 is 8.62. The van der Waals surface area contributed by atoms with Crippen LogP contribution in [0.15, 0.2) is 97.5 Å². The van der Waals surface area contributed by atoms with Gasteiger partial charge < -0.3 is 57.4 Å². The summed E-state index contributed by atoms with van der Waals surface area (Å²) in [5.41, 5.74) is 4.57. The molecule has 0 radical (unpaired) electrons. The minimum atomic E-state index is -1.47. The van der Waals surface area contributed by atoms with Crippen LogP contribution in [0, 0.1) is 12.7 Å². The molecule has 0 spiro atoms. The van der Waals surface area contributed by atoms with Crippen molar-refractivity contribution in [2.75, 3.05) is 81.4 Å². The van der Waals surface area contributed by atoms with Gasteiger partial charge in [0, 0.05) is 95.3 Å². The Kier molecular flexibility index (Phi) is 17.3. The minimum absolute atomic E-state index is 0.00859. The molecule has 11 rings (SSSR count). The fourth-order valence-electron chi connectivity index (χ4n) is 10.0. The summed E-state index contributed by atoms with van der Waals surface area (Å²) in [5.74, 6) is 0.767. The quantitative estimate of drug-likeness (QED) is 0.103. The first-order chi connectivity index (χ1) is 37.9. The van der Waals surface area contributed by atoms with E-state index < -0.39 is 48.9 Å². The lowest BCUT2D eigenvalue weighted by atomic mass is 9.96. The number of carbonyl (C=O) groups is 1. The highest BCUT2D eigenvalue weighted by atomic mass is 35.5. The topological polar surface area (TPSA) is 188 Å². The number of hydrogen-bond acceptors (Lipinski definition) is 18. The number of fused-ring (bicyclic) bond motifs is 7. The molecule has 7 aromatic rings. The Balaban J connectivity index is 0.936. The summed E-state index contributed by atoms with van der Waals surface area (Å²) in [6, 6.07) is 24.3. The Morgan fingerprint density at radius 2 is 1.60 bits per heavy atom. The first-order valence-electron chi connectivity index (χ1n) is 25.4. The van der Waals surface area contributed by atoms with Gasteiger partial charge >= 0.3 is 5.97 Å². The van der Waals surface area contributed by atoms with Gasteiger partial charge in [0.2, 0.25) is 12.0 Å². The average Bonchev–Trinajstić information content (AvgIpc) is 4.07. The maximum absolute atomic E-state index is 14.4. The second-order valence-electron chi connectivity index (χ2n) is 19.2. The fourth-order valence-corrected chi connectivity index (χ4v) is 11.4. The molecule has 3 aromatic heterocycles. The van der Waals surface area contributed by atoms with Gasteiger partial charge in [-0.25, -0.2) is 29.1 Å². The highest BCUT2D eigenvalue weighted by Gasteiger charge is 2.47. The standard InChI is InChI=1S/C57H60ClFN6O12S/c1-32-41-16-18-43(48(32)58)75-40(27-65-23-21-64(2)22-24-65)29-72-39-15-17-42(35(25-39)26-44(56(66)67)76-54-47-46(41)52(78-55(47)62-31-61-54)33-7-11-36(59)12-8-33)74-28-37-19-20-60-53(63-37)34-9-13-38(14-10-34)73-30-45-49(68-3)50(69-4)51(70-5)57(71-6)77-45/h7-20,25,31,40,44-45,49-51,57H,21-24,26-30H2,1-6H3,(H,66,67)/t40-,44-,45-,49-,50+,51+,57+/m1/s1. The Labute approximate surface area is 459 Å². The van der Waals surface area contributed by atoms with Crippen LogP contribution in [-0.4, -0.2) is 165 Å². The van der Waals surface area contributed by atoms with Crippen molar-refractivity contribution >= 4 is 39.1 Å². The number of nitrogens with zero attached hydrogens (tertiary/aromatic N) is 6. The zero-order valence-electron chi connectivity index (χ0n) is 43.9. The molecule has 21 heteroatoms. The number of methoxy groups -OCH3 is 4. The lowest BCUT2D eigenvalue weighted by Crippen LogP contribution is -2.61. The summed E-state index contributed by atoms with van der Waals surface area (Å²) in [6.07, 6.45) is -1.74. The van der Waals surface area contributed by atoms with Crippen LogP contribution in [0.3, 0.4) is 0 Å². The molecule has 4 aromatic carbocycles. The first-order valence-corrected chi connectivity index (χ1v) is 26.6. The number of carboxylic acid groups (broad SMARTS) is 1. The average molecular weight is 1110 g/mol. The van der Waals surface area contributed by atoms with Gasteiger partial charge in [-0.05, 0) is 97.4 Å². The molecule has 7 heterocycles. The van der Waals surface area contributed by atoms with Crippen molar-refractivity contribution in [3.8, 4) is 61.8 Å². The van der Waals surface area contributed by atoms with Gasteiger partial charge in [-0.2, -0.15) is 0 Å². The first kappa shape index (κ1) is 54.8. The van der Waals surface area contributed by atoms with Gasteiger partial charge in [0.1, 0.15) is 90.3 Å². The summed E-state index contributed by atoms with van der Waals surface area (Å²) in [4.78, 5) is 37.8. The van der Waals surface area contributed by atoms with Crippen molar-refractivity contribution in [2.24, 2.45) is 0 Å². The molecule has 18 nitrogen and oxygen atoms in total. The van der Waals surface area contributed by atoms with Crippen LogP contribution in [0.4, 0.5) is 4.39 Å². The summed E-state index contributed by atoms with van der Waals surface area (Å²) in [6.45, 7) is 6.28. The molecule has 78 heavy (non-hydrogen) atoms. The minimum Gasteiger partial charge on any atom is -0.491 e. The highest BCUT2D eigenvalue weighted by molar-refractivity contribution is 7.22. The van der Waals surface area contributed by atoms with E-state index in [2.05, 4.69) is 31.8 Å². The molecule has 0 aliphatic carbocycles. The largest absolute Gasteiger partial charge is 0.491 e. The van der Waals surface area contributed by atoms with Gasteiger partial charge in [-0.15, -0.1) is 11.3 Å². The van der Waals surface area contributed by atoms with E-state index in [1.165, 1.54) is 29.8 Å². The van der Waals surface area contributed by atoms with Gasteiger partial charge in [0.05, 0.1) is 16.1 Å². The number of aliphatic carboxylic acids is 1. The normalized spacial score (nSPS) is 22.0. The van der Waals surface area contributed by atoms with E-state index in [9.17, 15) is 14.3 Å². The molecule has 4 bridgehead atoms. The van der Waals surface area contributed by atoms with Crippen molar-refractivity contribution in [2.45, 2.75) is 62.9 Å². The third-order valence-electron chi connectivity index (χ3n) is 14.2. The second kappa shape index (κ2) is 24.6. The third-order valence-corrected chi connectivity index (χ3v) is 15.8. The molecule has 2 saturated heterocycles. The van der Waals surface area contributed by atoms with Crippen LogP contribution < -0.4 is 23.7 Å². The Morgan fingerprint density at radius 1 is 0.846 bits per heavy atom. The fraction of sp³-hybridized carbons (Fsp3) is 0.386. The number of piperazine rings is 1. The van der Waals surface area contributed by atoms with Crippen LogP contribution in [0.5, 0.6) is 28.9 Å². The number of ether oxygens (including phenoxy) is 10. The van der Waals surface area contributed by atoms with Gasteiger partial charge in [-0.1, -0.05) is 29.8 Å². The molecule has 410 valence electrons. The molecule has 2 fully saturated rings. The van der Waals surface area contributed by atoms with E-state index in [-0.39, 0.29) is 37.9 Å². The zero-order valence-corrected chi connectivity index (χ0v) is 45.5. The molecular formula is C57H60ClFN6O12S. The summed E-state index contributed by atoms with van der Waals surface area (Å²) in [5, 5.41) is 11.8. The van der Waals surface area contributed by atoms with E-state index >= 15 is 0 Å². The highest BCUT2D eigenvalue weighted by Crippen LogP contribution is 2.50. The van der Waals surface area contributed by atoms with Crippen LogP contribution in [0.2, 0.25) is 5.02 Å². The number of carboxylic acids is 1. The number of benzene rings is 4. The summed E-state index contributed by atoms with van der Waals surface area (Å²) in [7, 11) is 8.40. The molecule has 0 saturated carbocycles. The Hall–Kier alpha value is -6.59. The number of likely N-dealkylation sites (N-methyl/N-ethyl adjacent to an activating group) is 1. The number of rotatable bonds is 15. The van der Waals surface area contributed by atoms with Crippen LogP contribution in [0.25, 0.3) is 43.2 Å². The molecule has 0 amide bonds. The van der Waals surface area contributed by atoms with Crippen molar-refractivity contribution in [1.82, 2.24) is 29.7 Å². The zero-order chi connectivity index (χ0) is 54.5. The second-order valence-corrected chi connectivity index (χ2v) is 20.5. The van der Waals surface area contributed by atoms with E-state index in [4.69, 9.17) is 64.0 Å². The van der Waals surface area contributed by atoms with Crippen molar-refractivity contribution in [1.29, 1.82) is 0 Å². The van der Waals surface area contributed by atoms with Gasteiger partial charge in [0.15, 0.2) is 12.1 Å². The SMILES string of the molecule is CO[C@H]1O[C@H](COc2ccc(-c3nccc(COc4ccc5cc4C[C@H](C(=O)O)Oc4ncnc6sc(-c7ccc(F)cc7)c(c46)-c4ccc(c(Cl)c4C)O[C@H](CN4CCN(C)CC4)CO5)n3)cc2)[C@@H](OC)[C@H](OC)[C@@H]1OC. The van der Waals surface area contributed by atoms with E-state index in [1.54, 1.807) is 71.0 Å². The predicted molar refractivity (Wildman–Crippen MR) is 289 cm³/mol. The maximum atomic E-state index is 14.4. The van der Waals surface area contributed by atoms with Gasteiger partial charge in [-0.3, -0.25) is 4.90 Å². The third kappa shape index (κ3) is 12.0. The lowest BCUT2D eigenvalue weighted by Gasteiger charge is -2.44. The number of hydrogen-bond donors (Lipinski definition) is 1. The van der Waals surface area contributed by atoms with Crippen LogP contribution in [-0.2, 0) is 41.5 Å². The molecule has 4 aliphatic heterocycles. The molecule has 0 unspecified atom stereocenters. The Morgan fingerprint density at radius 3 is 2.33 bits per heavy atom. The number of aromatic nitrogens is 4. The molecule has 4 aliphatic rings. The number of halogens is 2. The number of thiophene rings is 1. The Bertz CT molecular complexity index is 3200. The van der Waals surface area contributed by atoms with Crippen LogP contribution >= 0.6 is 22.9 Å². The van der Waals surface area contributed by atoms with Crippen LogP contribution in [0.1, 0.15) is 16.8 Å². The predicted octanol–water partition coefficient (Wildman–Crippen LogP) is 8.42. The molecule has 1 N–H and O–H groups in total. The molecular weight excluding hydrogens is 1050 g/mol. The van der Waals surface area contributed by atoms with E-state index in [0.717, 1.165) is 36.6 Å². The molecule has 7 atom stereocenters. The maximum Gasteiger partial charge on any atom is 0.345 e. The lowest BCUT2D eigenvalue weighted by molar-refractivity contribution is -0.305. The van der Waals surface area contributed by atoms with E-state index in [1.807, 2.05) is 43.3 Å². The van der Waals surface area contributed by atoms with Crippen molar-refractivity contribution in [3.63, 3.8) is 0 Å². The van der Waals surface area contributed by atoms with Gasteiger partial charge in [0.25, 0.3) is 0 Å². The van der Waals surface area contributed by atoms with Crippen molar-refractivity contribution < 1.29 is 61.7 Å².